The summed E-state index contributed by atoms with van der Waals surface area (Å²) in [5.41, 5.74) is -0.422. The van der Waals surface area contributed by atoms with Gasteiger partial charge in [0.2, 0.25) is 0 Å². The van der Waals surface area contributed by atoms with Crippen LogP contribution in [0.5, 0.6) is 0 Å². The zero-order valence-corrected chi connectivity index (χ0v) is 10.4. The number of ether oxygens (including phenoxy) is 1. The fourth-order valence-electron chi connectivity index (χ4n) is 1.80. The number of hydrogen-bond donors (Lipinski definition) is 0. The Morgan fingerprint density at radius 3 is 2.47 bits per heavy atom. The van der Waals surface area contributed by atoms with E-state index in [9.17, 15) is 4.79 Å². The Morgan fingerprint density at radius 1 is 1.47 bits per heavy atom. The van der Waals surface area contributed by atoms with E-state index >= 15 is 0 Å². The molecule has 88 valence electrons. The van der Waals surface area contributed by atoms with Crippen LogP contribution in [0.2, 0.25) is 0 Å². The van der Waals surface area contributed by atoms with E-state index in [1.807, 2.05) is 20.8 Å². The predicted octanol–water partition coefficient (Wildman–Crippen LogP) is 2.25. The van der Waals surface area contributed by atoms with Gasteiger partial charge in [0.25, 0.3) is 0 Å². The van der Waals surface area contributed by atoms with Crippen LogP contribution in [-0.2, 0) is 4.74 Å². The summed E-state index contributed by atoms with van der Waals surface area (Å²) in [5, 5.41) is 3.66. The molecule has 0 aliphatic carbocycles. The van der Waals surface area contributed by atoms with Gasteiger partial charge >= 0.3 is 6.09 Å². The van der Waals surface area contributed by atoms with E-state index in [4.69, 9.17) is 4.74 Å². The molecular weight excluding hydrogens is 192 g/mol. The summed E-state index contributed by atoms with van der Waals surface area (Å²) in [4.78, 5) is 11.8. The van der Waals surface area contributed by atoms with Crippen molar-refractivity contribution in [1.29, 1.82) is 0 Å². The van der Waals surface area contributed by atoms with Crippen molar-refractivity contribution >= 4 is 6.09 Å². The van der Waals surface area contributed by atoms with Gasteiger partial charge < -0.3 is 4.74 Å². The minimum Gasteiger partial charge on any atom is -0.443 e. The molecule has 1 heterocycles. The van der Waals surface area contributed by atoms with Gasteiger partial charge in [0.05, 0.1) is 0 Å². The Bertz CT molecular complexity index is 235. The van der Waals surface area contributed by atoms with Crippen molar-refractivity contribution in [2.75, 3.05) is 13.6 Å². The fraction of sp³-hybridized carbons (Fsp3) is 0.909. The predicted molar refractivity (Wildman–Crippen MR) is 59.4 cm³/mol. The third-order valence-electron chi connectivity index (χ3n) is 2.56. The fourth-order valence-corrected chi connectivity index (χ4v) is 1.80. The van der Waals surface area contributed by atoms with Crippen LogP contribution in [0.4, 0.5) is 4.79 Å². The molecule has 1 rings (SSSR count). The maximum Gasteiger partial charge on any atom is 0.424 e. The number of carbonyl (C=O) groups is 1. The average molecular weight is 214 g/mol. The van der Waals surface area contributed by atoms with Crippen LogP contribution in [0.25, 0.3) is 0 Å². The molecule has 4 heteroatoms. The van der Waals surface area contributed by atoms with Crippen molar-refractivity contribution in [2.24, 2.45) is 0 Å². The SMILES string of the molecule is CC1CCCN1N(C)C(=O)OC(C)(C)C. The highest BCUT2D eigenvalue weighted by Gasteiger charge is 2.29. The lowest BCUT2D eigenvalue weighted by atomic mass is 10.2. The third kappa shape index (κ3) is 3.38. The van der Waals surface area contributed by atoms with E-state index in [0.29, 0.717) is 6.04 Å². The number of nitrogens with zero attached hydrogens (tertiary/aromatic N) is 2. The zero-order chi connectivity index (χ0) is 11.6. The maximum atomic E-state index is 11.8. The summed E-state index contributed by atoms with van der Waals surface area (Å²) in [7, 11) is 1.77. The number of rotatable bonds is 1. The Labute approximate surface area is 92.1 Å². The number of amides is 1. The molecule has 0 aromatic rings. The van der Waals surface area contributed by atoms with Crippen molar-refractivity contribution in [3.63, 3.8) is 0 Å². The lowest BCUT2D eigenvalue weighted by Gasteiger charge is -2.33. The first-order chi connectivity index (χ1) is 6.81. The molecule has 0 N–H and O–H groups in total. The Balaban J connectivity index is 2.52. The lowest BCUT2D eigenvalue weighted by molar-refractivity contribution is -0.0409. The molecule has 1 saturated heterocycles. The van der Waals surface area contributed by atoms with Crippen molar-refractivity contribution < 1.29 is 9.53 Å². The maximum absolute atomic E-state index is 11.8. The Morgan fingerprint density at radius 2 is 2.07 bits per heavy atom. The second-order valence-corrected chi connectivity index (χ2v) is 5.16. The molecule has 1 aliphatic heterocycles. The van der Waals surface area contributed by atoms with Gasteiger partial charge in [0.1, 0.15) is 5.60 Å². The molecule has 1 aliphatic rings. The third-order valence-corrected chi connectivity index (χ3v) is 2.56. The van der Waals surface area contributed by atoms with E-state index in [0.717, 1.165) is 19.4 Å². The second kappa shape index (κ2) is 4.39. The van der Waals surface area contributed by atoms with Gasteiger partial charge in [-0.2, -0.15) is 0 Å². The first kappa shape index (κ1) is 12.3. The van der Waals surface area contributed by atoms with E-state index in [2.05, 4.69) is 11.9 Å². The molecule has 1 fully saturated rings. The highest BCUT2D eigenvalue weighted by atomic mass is 16.6. The van der Waals surface area contributed by atoms with E-state index in [-0.39, 0.29) is 6.09 Å². The second-order valence-electron chi connectivity index (χ2n) is 5.16. The van der Waals surface area contributed by atoms with Crippen molar-refractivity contribution in [1.82, 2.24) is 10.0 Å². The van der Waals surface area contributed by atoms with Gasteiger partial charge in [-0.3, -0.25) is 0 Å². The van der Waals surface area contributed by atoms with Crippen LogP contribution < -0.4 is 0 Å². The first-order valence-corrected chi connectivity index (χ1v) is 5.54. The van der Waals surface area contributed by atoms with Gasteiger partial charge in [-0.15, -0.1) is 0 Å². The summed E-state index contributed by atoms with van der Waals surface area (Å²) in [6, 6.07) is 0.433. The van der Waals surface area contributed by atoms with Crippen LogP contribution in [0, 0.1) is 0 Å². The highest BCUT2D eigenvalue weighted by Crippen LogP contribution is 2.19. The molecule has 1 unspecified atom stereocenters. The summed E-state index contributed by atoms with van der Waals surface area (Å²) >= 11 is 0. The Kier molecular flexibility index (Phi) is 3.60. The van der Waals surface area contributed by atoms with Crippen molar-refractivity contribution in [2.45, 2.75) is 52.2 Å². The molecule has 0 saturated carbocycles. The zero-order valence-electron chi connectivity index (χ0n) is 10.4. The van der Waals surface area contributed by atoms with Crippen LogP contribution >= 0.6 is 0 Å². The minimum absolute atomic E-state index is 0.267. The molecule has 0 aromatic carbocycles. The van der Waals surface area contributed by atoms with Crippen molar-refractivity contribution in [3.05, 3.63) is 0 Å². The van der Waals surface area contributed by atoms with Gasteiger partial charge in [-0.25, -0.2) is 14.8 Å². The van der Waals surface area contributed by atoms with Gasteiger partial charge in [0, 0.05) is 19.6 Å². The standard InChI is InChI=1S/C11H22N2O2/c1-9-7-6-8-13(9)12(5)10(14)15-11(2,3)4/h9H,6-8H2,1-5H3. The molecule has 0 aromatic heterocycles. The lowest BCUT2D eigenvalue weighted by Crippen LogP contribution is -2.47. The smallest absolute Gasteiger partial charge is 0.424 e. The Hall–Kier alpha value is -0.770. The van der Waals surface area contributed by atoms with Crippen LogP contribution in [0.1, 0.15) is 40.5 Å². The minimum atomic E-state index is -0.422. The molecular formula is C11H22N2O2. The summed E-state index contributed by atoms with van der Waals surface area (Å²) in [6.07, 6.45) is 2.03. The highest BCUT2D eigenvalue weighted by molar-refractivity contribution is 5.67. The molecule has 0 bridgehead atoms. The van der Waals surface area contributed by atoms with Crippen LogP contribution in [0.3, 0.4) is 0 Å². The summed E-state index contributed by atoms with van der Waals surface area (Å²) in [5.74, 6) is 0. The number of carbonyl (C=O) groups excluding carboxylic acids is 1. The summed E-state index contributed by atoms with van der Waals surface area (Å²) in [6.45, 7) is 8.72. The molecule has 15 heavy (non-hydrogen) atoms. The van der Waals surface area contributed by atoms with Crippen LogP contribution in [-0.4, -0.2) is 41.3 Å². The monoisotopic (exact) mass is 214 g/mol. The van der Waals surface area contributed by atoms with E-state index in [1.165, 1.54) is 0 Å². The van der Waals surface area contributed by atoms with E-state index < -0.39 is 5.60 Å². The molecule has 4 nitrogen and oxygen atoms in total. The number of hydrogen-bond acceptors (Lipinski definition) is 3. The van der Waals surface area contributed by atoms with Gasteiger partial charge in [0.15, 0.2) is 0 Å². The summed E-state index contributed by atoms with van der Waals surface area (Å²) < 4.78 is 5.31. The first-order valence-electron chi connectivity index (χ1n) is 5.54. The van der Waals surface area contributed by atoms with Crippen molar-refractivity contribution in [3.8, 4) is 0 Å². The quantitative estimate of drug-likeness (QED) is 0.671. The van der Waals surface area contributed by atoms with Gasteiger partial charge in [-0.05, 0) is 40.5 Å². The van der Waals surface area contributed by atoms with Crippen LogP contribution in [0.15, 0.2) is 0 Å². The number of hydrazine groups is 1. The molecule has 1 amide bonds. The molecule has 0 spiro atoms. The topological polar surface area (TPSA) is 32.8 Å². The normalized spacial score (nSPS) is 22.9. The van der Waals surface area contributed by atoms with E-state index in [1.54, 1.807) is 12.1 Å². The molecule has 0 radical (unpaired) electrons. The molecule has 1 atom stereocenters. The van der Waals surface area contributed by atoms with Gasteiger partial charge in [-0.1, -0.05) is 0 Å². The largest absolute Gasteiger partial charge is 0.443 e. The average Bonchev–Trinajstić information content (AvgIpc) is 2.47.